The molecule has 0 aromatic rings. The molecule has 1 amide bonds. The van der Waals surface area contributed by atoms with Crippen LogP contribution in [0.25, 0.3) is 0 Å². The van der Waals surface area contributed by atoms with Crippen LogP contribution in [-0.2, 0) is 4.79 Å². The van der Waals surface area contributed by atoms with Gasteiger partial charge in [0.05, 0.1) is 17.9 Å². The van der Waals surface area contributed by atoms with Crippen LogP contribution >= 0.6 is 0 Å². The second kappa shape index (κ2) is 10.2. The van der Waals surface area contributed by atoms with Crippen molar-refractivity contribution >= 4 is 11.7 Å². The molecule has 9 atom stereocenters. The first kappa shape index (κ1) is 23.5. The largest absolute Gasteiger partial charge is 0.387 e. The molecule has 5 N–H and O–H groups in total. The number of halogens is 1. The molecule has 5 rings (SSSR count). The van der Waals surface area contributed by atoms with Crippen molar-refractivity contribution in [3.8, 4) is 0 Å². The second-order valence-corrected chi connectivity index (χ2v) is 11.8. The van der Waals surface area contributed by atoms with E-state index in [0.29, 0.717) is 36.7 Å². The Kier molecular flexibility index (Phi) is 7.26. The summed E-state index contributed by atoms with van der Waals surface area (Å²) < 4.78 is 14.5. The number of nitrogens with two attached hydrogens (primary N) is 1. The molecular formula is C26H44FN5O. The normalized spacial score (nSPS) is 44.0. The second-order valence-electron chi connectivity index (χ2n) is 11.8. The fraction of sp³-hybridized carbons (Fsp3) is 0.923. The highest BCUT2D eigenvalue weighted by Crippen LogP contribution is 2.47. The van der Waals surface area contributed by atoms with Crippen molar-refractivity contribution in [2.24, 2.45) is 35.3 Å². The summed E-state index contributed by atoms with van der Waals surface area (Å²) in [7, 11) is 0. The third-order valence-electron chi connectivity index (χ3n) is 9.96. The Balaban J connectivity index is 1.33. The average molecular weight is 462 g/mol. The van der Waals surface area contributed by atoms with Gasteiger partial charge in [-0.15, -0.1) is 0 Å². The maximum Gasteiger partial charge on any atom is 0.237 e. The van der Waals surface area contributed by atoms with E-state index in [1.165, 1.54) is 44.9 Å². The topological polar surface area (TPSA) is 94.2 Å². The van der Waals surface area contributed by atoms with Gasteiger partial charge in [0.25, 0.3) is 0 Å². The van der Waals surface area contributed by atoms with Crippen molar-refractivity contribution in [1.82, 2.24) is 15.5 Å². The monoisotopic (exact) mass is 461 g/mol. The summed E-state index contributed by atoms with van der Waals surface area (Å²) in [5.41, 5.74) is 5.94. The molecule has 0 aromatic heterocycles. The molecule has 33 heavy (non-hydrogen) atoms. The van der Waals surface area contributed by atoms with E-state index >= 15 is 0 Å². The van der Waals surface area contributed by atoms with Gasteiger partial charge in [-0.3, -0.25) is 15.1 Å². The molecule has 0 aromatic carbocycles. The van der Waals surface area contributed by atoms with Crippen LogP contribution in [0.3, 0.4) is 0 Å². The predicted octanol–water partition coefficient (Wildman–Crippen LogP) is 3.20. The molecule has 3 saturated carbocycles. The number of carbonyl (C=O) groups is 1. The van der Waals surface area contributed by atoms with E-state index in [4.69, 9.17) is 11.1 Å². The Morgan fingerprint density at radius 1 is 1.03 bits per heavy atom. The first-order valence-electron chi connectivity index (χ1n) is 13.8. The Bertz CT molecular complexity index is 717. The van der Waals surface area contributed by atoms with Crippen molar-refractivity contribution in [3.63, 3.8) is 0 Å². The molecule has 5 aliphatic rings. The zero-order chi connectivity index (χ0) is 22.9. The van der Waals surface area contributed by atoms with Crippen LogP contribution in [0.5, 0.6) is 0 Å². The molecule has 6 nitrogen and oxygen atoms in total. The molecule has 8 unspecified atom stereocenters. The number of amidine groups is 1. The summed E-state index contributed by atoms with van der Waals surface area (Å²) in [4.78, 5) is 16.1. The van der Waals surface area contributed by atoms with E-state index in [1.807, 2.05) is 0 Å². The maximum absolute atomic E-state index is 14.5. The Labute approximate surface area is 198 Å². The van der Waals surface area contributed by atoms with Crippen LogP contribution < -0.4 is 16.4 Å². The molecule has 3 aliphatic carbocycles. The number of fused-ring (bicyclic) bond motifs is 2. The van der Waals surface area contributed by atoms with E-state index in [-0.39, 0.29) is 23.9 Å². The third kappa shape index (κ3) is 4.95. The lowest BCUT2D eigenvalue weighted by molar-refractivity contribution is -0.128. The minimum atomic E-state index is -1.01. The summed E-state index contributed by atoms with van der Waals surface area (Å²) >= 11 is 0. The number of likely N-dealkylation sites (tertiary alicyclic amines) is 1. The van der Waals surface area contributed by atoms with Crippen molar-refractivity contribution in [3.05, 3.63) is 0 Å². The van der Waals surface area contributed by atoms with E-state index in [9.17, 15) is 9.18 Å². The minimum absolute atomic E-state index is 0.0364. The maximum atomic E-state index is 14.5. The zero-order valence-corrected chi connectivity index (χ0v) is 20.1. The first-order valence-corrected chi connectivity index (χ1v) is 13.8. The SMILES string of the molecule is N=C(N)C1CCC2CC(C(=O)NC3CCNC[C@@H]3F)N(CC3CCCC4CCCCC43)C2C1. The fourth-order valence-corrected chi connectivity index (χ4v) is 8.18. The summed E-state index contributed by atoms with van der Waals surface area (Å²) in [6, 6.07) is -0.191. The number of nitrogens with zero attached hydrogens (tertiary/aromatic N) is 1. The van der Waals surface area contributed by atoms with Gasteiger partial charge in [0.1, 0.15) is 6.17 Å². The molecule has 0 bridgehead atoms. The number of carbonyl (C=O) groups excluding carboxylic acids is 1. The van der Waals surface area contributed by atoms with Crippen LogP contribution in [-0.4, -0.2) is 60.6 Å². The average Bonchev–Trinajstić information content (AvgIpc) is 3.18. The highest BCUT2D eigenvalue weighted by Gasteiger charge is 2.49. The minimum Gasteiger partial charge on any atom is -0.387 e. The van der Waals surface area contributed by atoms with Gasteiger partial charge in [-0.2, -0.15) is 0 Å². The Morgan fingerprint density at radius 3 is 2.67 bits per heavy atom. The highest BCUT2D eigenvalue weighted by molar-refractivity contribution is 5.83. The predicted molar refractivity (Wildman–Crippen MR) is 129 cm³/mol. The molecule has 0 radical (unpaired) electrons. The van der Waals surface area contributed by atoms with Gasteiger partial charge in [-0.05, 0) is 75.2 Å². The number of piperidine rings is 1. The smallest absolute Gasteiger partial charge is 0.237 e. The summed E-state index contributed by atoms with van der Waals surface area (Å²) in [5, 5.41) is 14.2. The number of hydrogen-bond acceptors (Lipinski definition) is 4. The van der Waals surface area contributed by atoms with E-state index in [2.05, 4.69) is 15.5 Å². The van der Waals surface area contributed by atoms with Crippen LogP contribution in [0, 0.1) is 35.0 Å². The van der Waals surface area contributed by atoms with Gasteiger partial charge in [0, 0.05) is 25.0 Å². The molecule has 5 fully saturated rings. The van der Waals surface area contributed by atoms with Gasteiger partial charge in [0.2, 0.25) is 5.91 Å². The van der Waals surface area contributed by atoms with Gasteiger partial charge >= 0.3 is 0 Å². The van der Waals surface area contributed by atoms with Gasteiger partial charge < -0.3 is 16.4 Å². The van der Waals surface area contributed by atoms with Crippen molar-refractivity contribution in [1.29, 1.82) is 5.41 Å². The van der Waals surface area contributed by atoms with E-state index in [1.54, 1.807) is 0 Å². The van der Waals surface area contributed by atoms with Crippen molar-refractivity contribution in [2.75, 3.05) is 19.6 Å². The highest BCUT2D eigenvalue weighted by atomic mass is 19.1. The lowest BCUT2D eigenvalue weighted by Gasteiger charge is -2.45. The van der Waals surface area contributed by atoms with Crippen molar-refractivity contribution in [2.45, 2.75) is 101 Å². The lowest BCUT2D eigenvalue weighted by atomic mass is 9.65. The molecule has 0 spiro atoms. The number of alkyl halides is 1. The molecule has 2 saturated heterocycles. The fourth-order valence-electron chi connectivity index (χ4n) is 8.18. The van der Waals surface area contributed by atoms with Crippen LogP contribution in [0.15, 0.2) is 0 Å². The van der Waals surface area contributed by atoms with Crippen LogP contribution in [0.4, 0.5) is 4.39 Å². The van der Waals surface area contributed by atoms with E-state index in [0.717, 1.165) is 50.6 Å². The first-order chi connectivity index (χ1) is 16.0. The van der Waals surface area contributed by atoms with Gasteiger partial charge in [-0.25, -0.2) is 4.39 Å². The van der Waals surface area contributed by atoms with Crippen LogP contribution in [0.2, 0.25) is 0 Å². The van der Waals surface area contributed by atoms with Crippen molar-refractivity contribution < 1.29 is 9.18 Å². The molecule has 7 heteroatoms. The summed E-state index contributed by atoms with van der Waals surface area (Å²) in [5.74, 6) is 3.34. The molecule has 2 aliphatic heterocycles. The molecule has 186 valence electrons. The Morgan fingerprint density at radius 2 is 1.85 bits per heavy atom. The standard InChI is InChI=1S/C26H44FN5O/c27-21-14-30-11-10-22(21)31-26(33)24-12-17-8-9-18(25(28)29)13-23(17)32(24)15-19-6-3-5-16-4-1-2-7-20(16)19/h16-24,30H,1-15H2,(H3,28,29)(H,31,33)/t16?,17?,18?,19?,20?,21-,22?,23?,24?/m0/s1. The Hall–Kier alpha value is -1.21. The zero-order valence-electron chi connectivity index (χ0n) is 20.1. The number of nitrogens with one attached hydrogen (secondary N) is 3. The number of amides is 1. The third-order valence-corrected chi connectivity index (χ3v) is 9.96. The molecule has 2 heterocycles. The lowest BCUT2D eigenvalue weighted by Crippen LogP contribution is -2.56. The summed E-state index contributed by atoms with van der Waals surface area (Å²) in [6.45, 7) is 2.09. The van der Waals surface area contributed by atoms with Gasteiger partial charge in [0.15, 0.2) is 0 Å². The number of hydrogen-bond donors (Lipinski definition) is 4. The number of rotatable bonds is 5. The quantitative estimate of drug-likeness (QED) is 0.374. The van der Waals surface area contributed by atoms with Gasteiger partial charge in [-0.1, -0.05) is 32.1 Å². The summed E-state index contributed by atoms with van der Waals surface area (Å²) in [6.07, 6.45) is 12.9. The van der Waals surface area contributed by atoms with Crippen LogP contribution in [0.1, 0.15) is 77.0 Å². The molecular weight excluding hydrogens is 417 g/mol. The van der Waals surface area contributed by atoms with E-state index < -0.39 is 6.17 Å².